The van der Waals surface area contributed by atoms with Crippen LogP contribution in [0.5, 0.6) is 0 Å². The molecule has 1 aliphatic carbocycles. The Morgan fingerprint density at radius 1 is 1.29 bits per heavy atom. The fourth-order valence-electron chi connectivity index (χ4n) is 3.78. The van der Waals surface area contributed by atoms with E-state index in [0.717, 1.165) is 12.8 Å². The number of hydrogen-bond donors (Lipinski definition) is 5. The van der Waals surface area contributed by atoms with Crippen LogP contribution in [0.2, 0.25) is 0 Å². The predicted molar refractivity (Wildman–Crippen MR) is 105 cm³/mol. The summed E-state index contributed by atoms with van der Waals surface area (Å²) in [6.45, 7) is 5.47. The first-order valence-corrected chi connectivity index (χ1v) is 9.56. The zero-order valence-electron chi connectivity index (χ0n) is 17.9. The molecular weight excluding hydrogens is 425 g/mol. The summed E-state index contributed by atoms with van der Waals surface area (Å²) < 4.78 is 37.5. The number of nitrogens with two attached hydrogens (primary N) is 1. The summed E-state index contributed by atoms with van der Waals surface area (Å²) in [5, 5.41) is 26.0. The Bertz CT molecular complexity index is 646. The lowest BCUT2D eigenvalue weighted by Crippen LogP contribution is -2.58. The van der Waals surface area contributed by atoms with E-state index in [1.165, 1.54) is 13.3 Å². The number of hydrogen-bond acceptors (Lipinski definition) is 6. The normalized spacial score (nSPS) is 23.9. The lowest BCUT2D eigenvalue weighted by Gasteiger charge is -2.42. The van der Waals surface area contributed by atoms with Gasteiger partial charge in [-0.1, -0.05) is 13.3 Å². The molecule has 1 rings (SSSR count). The number of nitrogens with zero attached hydrogens (tertiary/aromatic N) is 1. The number of nitrogens with one attached hydrogen (secondary N) is 2. The van der Waals surface area contributed by atoms with Gasteiger partial charge in [-0.05, 0) is 26.2 Å². The third-order valence-electron chi connectivity index (χ3n) is 5.22. The van der Waals surface area contributed by atoms with E-state index in [4.69, 9.17) is 20.5 Å². The van der Waals surface area contributed by atoms with E-state index in [9.17, 15) is 27.9 Å². The van der Waals surface area contributed by atoms with Crippen LogP contribution in [0.1, 0.15) is 46.5 Å². The molecule has 0 aromatic heterocycles. The van der Waals surface area contributed by atoms with Crippen molar-refractivity contribution in [2.45, 2.75) is 70.3 Å². The van der Waals surface area contributed by atoms with Crippen molar-refractivity contribution >= 4 is 24.2 Å². The number of rotatable bonds is 9. The van der Waals surface area contributed by atoms with Crippen LogP contribution in [-0.2, 0) is 19.1 Å². The van der Waals surface area contributed by atoms with Crippen LogP contribution in [0, 0.1) is 11.8 Å². The first-order chi connectivity index (χ1) is 14.2. The smallest absolute Gasteiger partial charge is 0.481 e. The second-order valence-corrected chi connectivity index (χ2v) is 7.47. The summed E-state index contributed by atoms with van der Waals surface area (Å²) in [5.41, 5.74) is -0.585. The van der Waals surface area contributed by atoms with Crippen LogP contribution in [0.25, 0.3) is 0 Å². The van der Waals surface area contributed by atoms with E-state index in [1.807, 2.05) is 13.8 Å². The van der Waals surface area contributed by atoms with Crippen molar-refractivity contribution in [2.75, 3.05) is 7.11 Å². The molecule has 5 unspecified atom stereocenters. The minimum Gasteiger partial charge on any atom is -0.481 e. The number of aliphatic carboxylic acids is 2. The number of carboxylic acid groups (broad SMARTS) is 2. The van der Waals surface area contributed by atoms with Gasteiger partial charge in [0.05, 0.1) is 17.6 Å². The maximum atomic E-state index is 11.8. The van der Waals surface area contributed by atoms with Gasteiger partial charge >= 0.3 is 18.1 Å². The molecule has 10 nitrogen and oxygen atoms in total. The Hall–Kier alpha value is -2.57. The number of hydrazone groups is 1. The van der Waals surface area contributed by atoms with Crippen LogP contribution >= 0.6 is 0 Å². The third-order valence-corrected chi connectivity index (χ3v) is 5.22. The fourth-order valence-corrected chi connectivity index (χ4v) is 3.78. The zero-order chi connectivity index (χ0) is 24.4. The summed E-state index contributed by atoms with van der Waals surface area (Å²) in [6, 6.07) is -0.463. The zero-order valence-corrected chi connectivity index (χ0v) is 17.9. The average Bonchev–Trinajstić information content (AvgIpc) is 3.08. The Kier molecular flexibility index (Phi) is 11.3. The Balaban J connectivity index is 0.00000110. The molecule has 0 saturated heterocycles. The molecule has 0 bridgehead atoms. The minimum absolute atomic E-state index is 0.107. The van der Waals surface area contributed by atoms with E-state index < -0.39 is 29.6 Å². The number of carbonyl (C=O) groups is 3. The van der Waals surface area contributed by atoms with E-state index in [1.54, 1.807) is 7.11 Å². The summed E-state index contributed by atoms with van der Waals surface area (Å²) in [5.74, 6) is 0.830. The van der Waals surface area contributed by atoms with Crippen molar-refractivity contribution in [3.8, 4) is 0 Å². The Morgan fingerprint density at radius 2 is 1.84 bits per heavy atom. The van der Waals surface area contributed by atoms with Crippen LogP contribution < -0.4 is 16.5 Å². The van der Waals surface area contributed by atoms with Crippen molar-refractivity contribution in [2.24, 2.45) is 22.8 Å². The van der Waals surface area contributed by atoms with Gasteiger partial charge in [-0.15, -0.1) is 0 Å². The molecule has 1 fully saturated rings. The molecule has 1 amide bonds. The van der Waals surface area contributed by atoms with Gasteiger partial charge in [0.2, 0.25) is 5.91 Å². The third kappa shape index (κ3) is 8.99. The number of amides is 1. The van der Waals surface area contributed by atoms with Gasteiger partial charge in [0.15, 0.2) is 0 Å². The van der Waals surface area contributed by atoms with Crippen molar-refractivity contribution in [3.05, 3.63) is 0 Å². The summed E-state index contributed by atoms with van der Waals surface area (Å²) in [4.78, 5) is 32.1. The molecule has 6 N–H and O–H groups in total. The molecule has 0 radical (unpaired) electrons. The number of alkyl halides is 3. The van der Waals surface area contributed by atoms with Crippen LogP contribution in [-0.4, -0.2) is 65.4 Å². The topological polar surface area (TPSA) is 163 Å². The summed E-state index contributed by atoms with van der Waals surface area (Å²) in [6.07, 6.45) is -1.16. The molecule has 180 valence electrons. The summed E-state index contributed by atoms with van der Waals surface area (Å²) in [7, 11) is 1.62. The molecule has 0 aromatic carbocycles. The molecule has 5 atom stereocenters. The average molecular weight is 456 g/mol. The quantitative estimate of drug-likeness (QED) is 0.150. The Morgan fingerprint density at radius 3 is 2.19 bits per heavy atom. The monoisotopic (exact) mass is 456 g/mol. The van der Waals surface area contributed by atoms with Crippen LogP contribution in [0.3, 0.4) is 0 Å². The van der Waals surface area contributed by atoms with Gasteiger partial charge in [0.1, 0.15) is 6.34 Å². The second-order valence-electron chi connectivity index (χ2n) is 7.47. The van der Waals surface area contributed by atoms with Gasteiger partial charge in [-0.2, -0.15) is 18.3 Å². The first-order valence-electron chi connectivity index (χ1n) is 9.56. The van der Waals surface area contributed by atoms with Crippen LogP contribution in [0.4, 0.5) is 13.2 Å². The largest absolute Gasteiger partial charge is 0.490 e. The lowest BCUT2D eigenvalue weighted by molar-refractivity contribution is -0.192. The number of methoxy groups -OCH3 is 1. The number of carbonyl (C=O) groups excluding carboxylic acids is 1. The molecule has 0 heterocycles. The first kappa shape index (κ1) is 28.4. The predicted octanol–water partition coefficient (Wildman–Crippen LogP) is 1.30. The standard InChI is InChI=1S/C16H30N4O4.C2HF3O2/c1-5-6-16(3,24-4)14(20-10(2)21)12-7-11(15(22)23)8-13(12)18-9-19-17;3-2(4,5)1(6)7/h9,11-14H,5-8,17H2,1-4H3,(H,18,19)(H,20,21)(H,22,23);(H,6,7). The highest BCUT2D eigenvalue weighted by Gasteiger charge is 2.48. The highest BCUT2D eigenvalue weighted by molar-refractivity contribution is 5.74. The van der Waals surface area contributed by atoms with Crippen molar-refractivity contribution in [1.29, 1.82) is 0 Å². The van der Waals surface area contributed by atoms with Crippen LogP contribution in [0.15, 0.2) is 5.10 Å². The molecule has 13 heteroatoms. The highest BCUT2D eigenvalue weighted by Crippen LogP contribution is 2.39. The van der Waals surface area contributed by atoms with Gasteiger partial charge in [0.25, 0.3) is 0 Å². The van der Waals surface area contributed by atoms with Gasteiger partial charge in [0, 0.05) is 26.0 Å². The molecule has 1 saturated carbocycles. The SMILES string of the molecule is CCCC(C)(OC)C(NC(C)=O)C1CC(C(=O)O)CC1NC=NN.O=C(O)C(F)(F)F. The molecule has 0 aromatic rings. The van der Waals surface area contributed by atoms with E-state index >= 15 is 0 Å². The van der Waals surface area contributed by atoms with E-state index in [-0.39, 0.29) is 23.9 Å². The van der Waals surface area contributed by atoms with Gasteiger partial charge in [-0.3, -0.25) is 9.59 Å². The fraction of sp³-hybridized carbons (Fsp3) is 0.778. The number of ether oxygens (including phenoxy) is 1. The molecule has 0 aliphatic heterocycles. The van der Waals surface area contributed by atoms with Crippen molar-refractivity contribution in [1.82, 2.24) is 10.6 Å². The van der Waals surface area contributed by atoms with Crippen molar-refractivity contribution in [3.63, 3.8) is 0 Å². The second kappa shape index (κ2) is 12.3. The molecular formula is C18H31F3N4O6. The lowest BCUT2D eigenvalue weighted by atomic mass is 9.79. The molecule has 0 spiro atoms. The van der Waals surface area contributed by atoms with Gasteiger partial charge in [-0.25, -0.2) is 4.79 Å². The minimum atomic E-state index is -5.08. The number of halogens is 3. The summed E-state index contributed by atoms with van der Waals surface area (Å²) >= 11 is 0. The van der Waals surface area contributed by atoms with E-state index in [0.29, 0.717) is 12.8 Å². The number of carboxylic acids is 2. The van der Waals surface area contributed by atoms with Crippen molar-refractivity contribution < 1.29 is 42.5 Å². The van der Waals surface area contributed by atoms with E-state index in [2.05, 4.69) is 15.7 Å². The maximum Gasteiger partial charge on any atom is 0.490 e. The van der Waals surface area contributed by atoms with Gasteiger partial charge < -0.3 is 31.4 Å². The molecule has 31 heavy (non-hydrogen) atoms. The molecule has 1 aliphatic rings. The Labute approximate surface area is 178 Å². The highest BCUT2D eigenvalue weighted by atomic mass is 19.4. The maximum absolute atomic E-state index is 11.8.